The second kappa shape index (κ2) is 10.5. The monoisotopic (exact) mass is 534 g/mol. The van der Waals surface area contributed by atoms with Gasteiger partial charge in [0.1, 0.15) is 5.82 Å². The SMILES string of the molecule is O=C(c1ccccc1Cl)c1cc(Cl)ccc1NC(=O)C1CCN(S(=O)(=O)c2ccc(F)cc2)CC1. The minimum atomic E-state index is -3.78. The molecule has 6 nitrogen and oxygen atoms in total. The smallest absolute Gasteiger partial charge is 0.243 e. The largest absolute Gasteiger partial charge is 0.325 e. The number of sulfonamides is 1. The number of anilines is 1. The molecule has 0 unspecified atom stereocenters. The maximum atomic E-state index is 13.2. The van der Waals surface area contributed by atoms with Crippen LogP contribution in [0.2, 0.25) is 10.0 Å². The van der Waals surface area contributed by atoms with Gasteiger partial charge in [0.2, 0.25) is 15.9 Å². The van der Waals surface area contributed by atoms with Crippen molar-refractivity contribution < 1.29 is 22.4 Å². The summed E-state index contributed by atoms with van der Waals surface area (Å²) in [7, 11) is -3.78. The number of piperidine rings is 1. The predicted octanol–water partition coefficient (Wildman–Crippen LogP) is 5.40. The van der Waals surface area contributed by atoms with Gasteiger partial charge in [-0.3, -0.25) is 9.59 Å². The molecule has 4 rings (SSSR count). The molecule has 0 spiro atoms. The molecule has 1 saturated heterocycles. The van der Waals surface area contributed by atoms with Gasteiger partial charge < -0.3 is 5.32 Å². The van der Waals surface area contributed by atoms with Crippen LogP contribution in [0.5, 0.6) is 0 Å². The van der Waals surface area contributed by atoms with Crippen molar-refractivity contribution in [3.8, 4) is 0 Å². The summed E-state index contributed by atoms with van der Waals surface area (Å²) in [4.78, 5) is 26.1. The summed E-state index contributed by atoms with van der Waals surface area (Å²) in [6.45, 7) is 0.285. The highest BCUT2D eigenvalue weighted by molar-refractivity contribution is 7.89. The van der Waals surface area contributed by atoms with E-state index in [1.54, 1.807) is 36.4 Å². The Hall–Kier alpha value is -2.78. The zero-order valence-electron chi connectivity index (χ0n) is 18.4. The van der Waals surface area contributed by atoms with E-state index in [4.69, 9.17) is 23.2 Å². The van der Waals surface area contributed by atoms with Crippen molar-refractivity contribution in [3.63, 3.8) is 0 Å². The minimum absolute atomic E-state index is 0.00527. The van der Waals surface area contributed by atoms with E-state index in [2.05, 4.69) is 5.32 Å². The molecular weight excluding hydrogens is 514 g/mol. The minimum Gasteiger partial charge on any atom is -0.325 e. The molecule has 0 bridgehead atoms. The summed E-state index contributed by atoms with van der Waals surface area (Å²) >= 11 is 12.3. The van der Waals surface area contributed by atoms with Gasteiger partial charge in [0, 0.05) is 35.2 Å². The molecule has 1 amide bonds. The highest BCUT2D eigenvalue weighted by Crippen LogP contribution is 2.29. The van der Waals surface area contributed by atoms with Crippen molar-refractivity contribution in [2.45, 2.75) is 17.7 Å². The standard InChI is InChI=1S/C25H21Cl2FN2O4S/c26-17-5-10-23(21(15-17)24(31)20-3-1-2-4-22(20)27)29-25(32)16-11-13-30(14-12-16)35(33,34)19-8-6-18(28)7-9-19/h1-10,15-16H,11-14H2,(H,29,32). The summed E-state index contributed by atoms with van der Waals surface area (Å²) < 4.78 is 40.1. The van der Waals surface area contributed by atoms with Gasteiger partial charge in [0.05, 0.1) is 15.6 Å². The number of carbonyl (C=O) groups excluding carboxylic acids is 2. The van der Waals surface area contributed by atoms with Crippen molar-refractivity contribution in [3.05, 3.63) is 93.7 Å². The van der Waals surface area contributed by atoms with Crippen LogP contribution in [0.4, 0.5) is 10.1 Å². The fourth-order valence-corrected chi connectivity index (χ4v) is 5.82. The number of carbonyl (C=O) groups is 2. The second-order valence-corrected chi connectivity index (χ2v) is 10.9. The summed E-state index contributed by atoms with van der Waals surface area (Å²) in [6, 6.07) is 15.8. The molecular formula is C25H21Cl2FN2O4S. The summed E-state index contributed by atoms with van der Waals surface area (Å²) in [6.07, 6.45) is 0.598. The predicted molar refractivity (Wildman–Crippen MR) is 133 cm³/mol. The topological polar surface area (TPSA) is 83.6 Å². The lowest BCUT2D eigenvalue weighted by molar-refractivity contribution is -0.120. The van der Waals surface area contributed by atoms with E-state index in [0.717, 1.165) is 12.1 Å². The Bertz CT molecular complexity index is 1370. The summed E-state index contributed by atoms with van der Waals surface area (Å²) in [5.41, 5.74) is 0.784. The zero-order chi connectivity index (χ0) is 25.2. The fraction of sp³-hybridized carbons (Fsp3) is 0.200. The highest BCUT2D eigenvalue weighted by Gasteiger charge is 2.32. The molecule has 3 aromatic rings. The van der Waals surface area contributed by atoms with E-state index in [1.807, 2.05) is 0 Å². The lowest BCUT2D eigenvalue weighted by atomic mass is 9.96. The first-order valence-electron chi connectivity index (χ1n) is 10.8. The number of nitrogens with zero attached hydrogens (tertiary/aromatic N) is 1. The molecule has 0 atom stereocenters. The third kappa shape index (κ3) is 5.56. The fourth-order valence-electron chi connectivity index (χ4n) is 3.95. The first-order chi connectivity index (χ1) is 16.7. The highest BCUT2D eigenvalue weighted by atomic mass is 35.5. The first kappa shape index (κ1) is 25.3. The normalized spacial score (nSPS) is 15.1. The van der Waals surface area contributed by atoms with Crippen LogP contribution in [0.3, 0.4) is 0 Å². The Morgan fingerprint density at radius 1 is 0.914 bits per heavy atom. The van der Waals surface area contributed by atoms with Gasteiger partial charge in [-0.05, 0) is 67.4 Å². The van der Waals surface area contributed by atoms with Gasteiger partial charge >= 0.3 is 0 Å². The number of benzene rings is 3. The number of amides is 1. The number of hydrogen-bond donors (Lipinski definition) is 1. The Morgan fingerprint density at radius 3 is 2.23 bits per heavy atom. The summed E-state index contributed by atoms with van der Waals surface area (Å²) in [5.74, 6) is -1.67. The van der Waals surface area contributed by atoms with E-state index in [0.29, 0.717) is 23.6 Å². The average Bonchev–Trinajstić information content (AvgIpc) is 2.85. The van der Waals surface area contributed by atoms with Crippen LogP contribution in [0.1, 0.15) is 28.8 Å². The van der Waals surface area contributed by atoms with Crippen molar-refractivity contribution >= 4 is 50.6 Å². The van der Waals surface area contributed by atoms with Gasteiger partial charge in [-0.1, -0.05) is 35.3 Å². The van der Waals surface area contributed by atoms with E-state index in [9.17, 15) is 22.4 Å². The molecule has 1 fully saturated rings. The lowest BCUT2D eigenvalue weighted by Crippen LogP contribution is -2.41. The molecule has 1 heterocycles. The van der Waals surface area contributed by atoms with Gasteiger partial charge in [0.15, 0.2) is 5.78 Å². The maximum Gasteiger partial charge on any atom is 0.243 e. The molecule has 1 aliphatic heterocycles. The van der Waals surface area contributed by atoms with Crippen molar-refractivity contribution in [2.24, 2.45) is 5.92 Å². The third-order valence-corrected chi connectivity index (χ3v) is 8.36. The number of halogens is 3. The number of nitrogens with one attached hydrogen (secondary N) is 1. The Kier molecular flexibility index (Phi) is 7.56. The molecule has 35 heavy (non-hydrogen) atoms. The molecule has 3 aromatic carbocycles. The molecule has 10 heteroatoms. The van der Waals surface area contributed by atoms with Crippen molar-refractivity contribution in [1.82, 2.24) is 4.31 Å². The van der Waals surface area contributed by atoms with Crippen LogP contribution in [-0.2, 0) is 14.8 Å². The van der Waals surface area contributed by atoms with Crippen molar-refractivity contribution in [1.29, 1.82) is 0 Å². The van der Waals surface area contributed by atoms with Crippen molar-refractivity contribution in [2.75, 3.05) is 18.4 Å². The second-order valence-electron chi connectivity index (χ2n) is 8.12. The average molecular weight is 535 g/mol. The third-order valence-electron chi connectivity index (χ3n) is 5.88. The van der Waals surface area contributed by atoms with Gasteiger partial charge in [-0.15, -0.1) is 0 Å². The molecule has 1 N–H and O–H groups in total. The van der Waals surface area contributed by atoms with Crippen LogP contribution in [0.25, 0.3) is 0 Å². The van der Waals surface area contributed by atoms with Crippen LogP contribution < -0.4 is 5.32 Å². The molecule has 0 radical (unpaired) electrons. The number of rotatable bonds is 6. The Labute approximate surface area is 212 Å². The quantitative estimate of drug-likeness (QED) is 0.429. The van der Waals surface area contributed by atoms with Gasteiger partial charge in [0.25, 0.3) is 0 Å². The molecule has 1 aliphatic rings. The van der Waals surface area contributed by atoms with E-state index < -0.39 is 21.8 Å². The molecule has 182 valence electrons. The van der Waals surface area contributed by atoms with Crippen LogP contribution in [0, 0.1) is 11.7 Å². The van der Waals surface area contributed by atoms with Crippen LogP contribution >= 0.6 is 23.2 Å². The number of hydrogen-bond acceptors (Lipinski definition) is 4. The Balaban J connectivity index is 1.46. The summed E-state index contributed by atoms with van der Waals surface area (Å²) in [5, 5.41) is 3.41. The van der Waals surface area contributed by atoms with Crippen LogP contribution in [0.15, 0.2) is 71.6 Å². The van der Waals surface area contributed by atoms with Crippen LogP contribution in [-0.4, -0.2) is 37.5 Å². The van der Waals surface area contributed by atoms with E-state index in [-0.39, 0.29) is 45.8 Å². The number of ketones is 1. The lowest BCUT2D eigenvalue weighted by Gasteiger charge is -2.30. The molecule has 0 saturated carbocycles. The zero-order valence-corrected chi connectivity index (χ0v) is 20.7. The molecule has 0 aromatic heterocycles. The Morgan fingerprint density at radius 2 is 1.57 bits per heavy atom. The molecule has 0 aliphatic carbocycles. The van der Waals surface area contributed by atoms with Gasteiger partial charge in [-0.2, -0.15) is 4.31 Å². The van der Waals surface area contributed by atoms with E-state index >= 15 is 0 Å². The first-order valence-corrected chi connectivity index (χ1v) is 13.0. The maximum absolute atomic E-state index is 13.2. The van der Waals surface area contributed by atoms with E-state index in [1.165, 1.54) is 22.5 Å². The van der Waals surface area contributed by atoms with Gasteiger partial charge in [-0.25, -0.2) is 12.8 Å².